The van der Waals surface area contributed by atoms with E-state index < -0.39 is 0 Å². The molecule has 0 unspecified atom stereocenters. The molecule has 1 aromatic carbocycles. The van der Waals surface area contributed by atoms with Crippen molar-refractivity contribution < 1.29 is 9.32 Å². The number of carbonyl (C=O) groups is 1. The number of aromatic nitrogens is 4. The lowest BCUT2D eigenvalue weighted by molar-refractivity contribution is -0.113. The van der Waals surface area contributed by atoms with Crippen LogP contribution in [0.5, 0.6) is 0 Å². The van der Waals surface area contributed by atoms with Crippen LogP contribution in [0, 0.1) is 0 Å². The van der Waals surface area contributed by atoms with E-state index in [9.17, 15) is 4.79 Å². The molecule has 24 heavy (non-hydrogen) atoms. The molecule has 0 bridgehead atoms. The molecule has 0 radical (unpaired) electrons. The van der Waals surface area contributed by atoms with Gasteiger partial charge in [0.2, 0.25) is 11.8 Å². The van der Waals surface area contributed by atoms with Crippen LogP contribution >= 0.6 is 11.8 Å². The summed E-state index contributed by atoms with van der Waals surface area (Å²) in [5.41, 5.74) is 1.75. The third-order valence-electron chi connectivity index (χ3n) is 3.27. The number of hydrogen-bond acceptors (Lipinski definition) is 6. The highest BCUT2D eigenvalue weighted by molar-refractivity contribution is 7.99. The minimum absolute atomic E-state index is 0.186. The summed E-state index contributed by atoms with van der Waals surface area (Å²) in [6.07, 6.45) is 1.63. The lowest BCUT2D eigenvalue weighted by Crippen LogP contribution is -2.14. The number of benzene rings is 1. The summed E-state index contributed by atoms with van der Waals surface area (Å²) in [4.78, 5) is 12.1. The number of carbonyl (C=O) groups excluding carboxylic acids is 1. The third kappa shape index (κ3) is 3.83. The van der Waals surface area contributed by atoms with Gasteiger partial charge in [0.1, 0.15) is 6.33 Å². The van der Waals surface area contributed by atoms with Crippen molar-refractivity contribution in [3.05, 3.63) is 48.4 Å². The summed E-state index contributed by atoms with van der Waals surface area (Å²) in [7, 11) is 0. The maximum Gasteiger partial charge on any atom is 0.237 e. The summed E-state index contributed by atoms with van der Waals surface area (Å²) in [6.45, 7) is 4.02. The standard InChI is InChI=1S/C16H17N5O2S/c1-11(2)13-8-15(23-20-13)18-14(22)9-24-16-19-17-10-21(16)12-6-4-3-5-7-12/h3-8,10-11H,9H2,1-2H3,(H,18,22). The van der Waals surface area contributed by atoms with Gasteiger partial charge in [-0.15, -0.1) is 10.2 Å². The van der Waals surface area contributed by atoms with Crippen LogP contribution in [0.4, 0.5) is 5.88 Å². The van der Waals surface area contributed by atoms with Gasteiger partial charge in [0.05, 0.1) is 11.4 Å². The monoisotopic (exact) mass is 343 g/mol. The zero-order chi connectivity index (χ0) is 16.9. The molecule has 0 saturated carbocycles. The van der Waals surface area contributed by atoms with Gasteiger partial charge < -0.3 is 4.52 Å². The molecule has 3 aromatic rings. The number of anilines is 1. The Morgan fingerprint density at radius 2 is 2.12 bits per heavy atom. The molecule has 0 aliphatic carbocycles. The third-order valence-corrected chi connectivity index (χ3v) is 4.21. The summed E-state index contributed by atoms with van der Waals surface area (Å²) in [5, 5.41) is 15.2. The molecule has 0 atom stereocenters. The van der Waals surface area contributed by atoms with Crippen LogP contribution in [0.1, 0.15) is 25.5 Å². The summed E-state index contributed by atoms with van der Waals surface area (Å²) in [6, 6.07) is 11.5. The van der Waals surface area contributed by atoms with Crippen molar-refractivity contribution in [1.29, 1.82) is 0 Å². The lowest BCUT2D eigenvalue weighted by Gasteiger charge is -2.05. The molecule has 124 valence electrons. The average Bonchev–Trinajstić information content (AvgIpc) is 3.23. The number of rotatable bonds is 6. The first-order valence-electron chi connectivity index (χ1n) is 7.48. The van der Waals surface area contributed by atoms with E-state index in [2.05, 4.69) is 20.7 Å². The summed E-state index contributed by atoms with van der Waals surface area (Å²) < 4.78 is 6.94. The Labute approximate surface area is 143 Å². The first kappa shape index (κ1) is 16.3. The molecule has 0 aliphatic rings. The molecular weight excluding hydrogens is 326 g/mol. The number of amides is 1. The smallest absolute Gasteiger partial charge is 0.237 e. The zero-order valence-electron chi connectivity index (χ0n) is 13.3. The van der Waals surface area contributed by atoms with Gasteiger partial charge in [0.25, 0.3) is 0 Å². The van der Waals surface area contributed by atoms with Gasteiger partial charge in [-0.2, -0.15) is 0 Å². The molecule has 2 aromatic heterocycles. The fraction of sp³-hybridized carbons (Fsp3) is 0.250. The van der Waals surface area contributed by atoms with E-state index in [0.717, 1.165) is 11.4 Å². The van der Waals surface area contributed by atoms with Crippen molar-refractivity contribution in [3.63, 3.8) is 0 Å². The van der Waals surface area contributed by atoms with Crippen molar-refractivity contribution >= 4 is 23.6 Å². The lowest BCUT2D eigenvalue weighted by atomic mass is 10.1. The number of nitrogens with zero attached hydrogens (tertiary/aromatic N) is 4. The first-order valence-corrected chi connectivity index (χ1v) is 8.47. The highest BCUT2D eigenvalue weighted by Gasteiger charge is 2.13. The van der Waals surface area contributed by atoms with Crippen molar-refractivity contribution in [1.82, 2.24) is 19.9 Å². The topological polar surface area (TPSA) is 85.8 Å². The Morgan fingerprint density at radius 1 is 1.33 bits per heavy atom. The minimum atomic E-state index is -0.186. The largest absolute Gasteiger partial charge is 0.338 e. The van der Waals surface area contributed by atoms with Gasteiger partial charge >= 0.3 is 0 Å². The van der Waals surface area contributed by atoms with Gasteiger partial charge in [-0.3, -0.25) is 14.7 Å². The van der Waals surface area contributed by atoms with Gasteiger partial charge in [-0.05, 0) is 18.1 Å². The van der Waals surface area contributed by atoms with Crippen LogP contribution in [0.2, 0.25) is 0 Å². The van der Waals surface area contributed by atoms with Crippen LogP contribution in [-0.2, 0) is 4.79 Å². The van der Waals surface area contributed by atoms with Crippen molar-refractivity contribution in [2.75, 3.05) is 11.1 Å². The van der Waals surface area contributed by atoms with Gasteiger partial charge in [0, 0.05) is 11.8 Å². The van der Waals surface area contributed by atoms with E-state index in [1.54, 1.807) is 12.4 Å². The number of nitrogens with one attached hydrogen (secondary N) is 1. The van der Waals surface area contributed by atoms with Crippen molar-refractivity contribution in [2.45, 2.75) is 24.9 Å². The fourth-order valence-electron chi connectivity index (χ4n) is 2.01. The number of para-hydroxylation sites is 1. The molecule has 2 heterocycles. The number of hydrogen-bond donors (Lipinski definition) is 1. The highest BCUT2D eigenvalue weighted by Crippen LogP contribution is 2.21. The van der Waals surface area contributed by atoms with E-state index in [1.165, 1.54) is 11.8 Å². The summed E-state index contributed by atoms with van der Waals surface area (Å²) >= 11 is 1.30. The van der Waals surface area contributed by atoms with E-state index in [-0.39, 0.29) is 17.6 Å². The van der Waals surface area contributed by atoms with Crippen molar-refractivity contribution in [3.8, 4) is 5.69 Å². The molecule has 1 N–H and O–H groups in total. The second kappa shape index (κ2) is 7.31. The molecule has 7 nitrogen and oxygen atoms in total. The predicted molar refractivity (Wildman–Crippen MR) is 91.3 cm³/mol. The minimum Gasteiger partial charge on any atom is -0.338 e. The van der Waals surface area contributed by atoms with E-state index >= 15 is 0 Å². The van der Waals surface area contributed by atoms with Gasteiger partial charge in [-0.25, -0.2) is 0 Å². The van der Waals surface area contributed by atoms with Gasteiger partial charge in [-0.1, -0.05) is 49.0 Å². The molecule has 8 heteroatoms. The quantitative estimate of drug-likeness (QED) is 0.692. The number of thioether (sulfide) groups is 1. The van der Waals surface area contributed by atoms with E-state index in [4.69, 9.17) is 4.52 Å². The molecule has 0 spiro atoms. The first-order chi connectivity index (χ1) is 11.6. The van der Waals surface area contributed by atoms with E-state index in [1.807, 2.05) is 48.7 Å². The molecular formula is C16H17N5O2S. The normalized spacial score (nSPS) is 11.0. The molecule has 0 saturated heterocycles. The van der Waals surface area contributed by atoms with Crippen LogP contribution < -0.4 is 5.32 Å². The Balaban J connectivity index is 1.60. The Bertz CT molecular complexity index is 813. The molecule has 1 amide bonds. The highest BCUT2D eigenvalue weighted by atomic mass is 32.2. The van der Waals surface area contributed by atoms with Crippen LogP contribution in [0.3, 0.4) is 0 Å². The molecule has 0 aliphatic heterocycles. The molecule has 3 rings (SSSR count). The Morgan fingerprint density at radius 3 is 2.83 bits per heavy atom. The Kier molecular flexibility index (Phi) is 4.95. The Hall–Kier alpha value is -2.61. The maximum absolute atomic E-state index is 12.1. The summed E-state index contributed by atoms with van der Waals surface area (Å²) in [5.74, 6) is 0.615. The average molecular weight is 343 g/mol. The SMILES string of the molecule is CC(C)c1cc(NC(=O)CSc2nncn2-c2ccccc2)on1. The van der Waals surface area contributed by atoms with Gasteiger partial charge in [0.15, 0.2) is 5.16 Å². The predicted octanol–water partition coefficient (Wildman–Crippen LogP) is 3.11. The second-order valence-electron chi connectivity index (χ2n) is 5.43. The van der Waals surface area contributed by atoms with Crippen LogP contribution in [-0.4, -0.2) is 31.6 Å². The zero-order valence-corrected chi connectivity index (χ0v) is 14.2. The maximum atomic E-state index is 12.1. The second-order valence-corrected chi connectivity index (χ2v) is 6.37. The molecule has 0 fully saturated rings. The van der Waals surface area contributed by atoms with Crippen molar-refractivity contribution in [2.24, 2.45) is 0 Å². The van der Waals surface area contributed by atoms with E-state index in [0.29, 0.717) is 11.0 Å². The van der Waals surface area contributed by atoms with Crippen LogP contribution in [0.25, 0.3) is 5.69 Å². The van der Waals surface area contributed by atoms with Crippen LogP contribution in [0.15, 0.2) is 52.4 Å². The fourth-order valence-corrected chi connectivity index (χ4v) is 2.74.